The highest BCUT2D eigenvalue weighted by Crippen LogP contribution is 2.29. The zero-order chi connectivity index (χ0) is 28.8. The van der Waals surface area contributed by atoms with Crippen molar-refractivity contribution in [3.63, 3.8) is 0 Å². The molecule has 0 aromatic heterocycles. The summed E-state index contributed by atoms with van der Waals surface area (Å²) < 4.78 is 19.1. The summed E-state index contributed by atoms with van der Waals surface area (Å²) in [5.41, 5.74) is 1.51. The monoisotopic (exact) mass is 569 g/mol. The van der Waals surface area contributed by atoms with E-state index >= 15 is 0 Å². The van der Waals surface area contributed by atoms with Gasteiger partial charge in [-0.3, -0.25) is 19.8 Å². The topological polar surface area (TPSA) is 117 Å². The molecular formula is C28H29ClFN5O5. The molecule has 4 rings (SSSR count). The van der Waals surface area contributed by atoms with E-state index in [1.807, 2.05) is 13.8 Å². The Balaban J connectivity index is 1.34. The number of ether oxygens (including phenoxy) is 1. The lowest BCUT2D eigenvalue weighted by Gasteiger charge is -2.44. The van der Waals surface area contributed by atoms with Gasteiger partial charge in [-0.2, -0.15) is 0 Å². The standard InChI is InChI=1S/C28H29ClFN5O5/c1-18-15-34(19(2)14-33(18)16-20-3-6-22(30)7-4-20)27(36)17-40-26-12-5-21(29)13-25(26)32-28(37)31-23-8-10-24(11-9-23)35(38)39/h3-13,18-19H,14-17H2,1-2H3,(H2,31,32,37)/t18-,19+/m0/s1. The normalized spacial score (nSPS) is 17.2. The lowest BCUT2D eigenvalue weighted by molar-refractivity contribution is -0.384. The maximum Gasteiger partial charge on any atom is 0.323 e. The number of carbonyl (C=O) groups excluding carboxylic acids is 2. The molecular weight excluding hydrogens is 541 g/mol. The van der Waals surface area contributed by atoms with Gasteiger partial charge in [0.2, 0.25) is 0 Å². The maximum absolute atomic E-state index is 13.3. The van der Waals surface area contributed by atoms with Crippen LogP contribution < -0.4 is 15.4 Å². The van der Waals surface area contributed by atoms with Gasteiger partial charge >= 0.3 is 6.03 Å². The first-order valence-electron chi connectivity index (χ1n) is 12.6. The van der Waals surface area contributed by atoms with Crippen molar-refractivity contribution in [2.24, 2.45) is 0 Å². The summed E-state index contributed by atoms with van der Waals surface area (Å²) in [7, 11) is 0. The first kappa shape index (κ1) is 28.8. The second-order valence-electron chi connectivity index (χ2n) is 9.61. The molecule has 0 aliphatic carbocycles. The molecule has 0 spiro atoms. The van der Waals surface area contributed by atoms with Crippen molar-refractivity contribution in [2.75, 3.05) is 30.3 Å². The van der Waals surface area contributed by atoms with Crippen molar-refractivity contribution in [3.8, 4) is 5.75 Å². The molecule has 1 aliphatic heterocycles. The van der Waals surface area contributed by atoms with Gasteiger partial charge in [0.25, 0.3) is 11.6 Å². The first-order chi connectivity index (χ1) is 19.1. The predicted octanol–water partition coefficient (Wildman–Crippen LogP) is 5.53. The molecule has 2 atom stereocenters. The van der Waals surface area contributed by atoms with E-state index < -0.39 is 11.0 Å². The summed E-state index contributed by atoms with van der Waals surface area (Å²) in [5.74, 6) is -0.214. The highest BCUT2D eigenvalue weighted by atomic mass is 35.5. The number of non-ortho nitro benzene ring substituents is 1. The van der Waals surface area contributed by atoms with Crippen molar-refractivity contribution in [2.45, 2.75) is 32.5 Å². The number of hydrogen-bond acceptors (Lipinski definition) is 6. The molecule has 0 saturated carbocycles. The van der Waals surface area contributed by atoms with E-state index in [4.69, 9.17) is 16.3 Å². The molecule has 1 heterocycles. The molecule has 2 N–H and O–H groups in total. The minimum absolute atomic E-state index is 0.0666. The van der Waals surface area contributed by atoms with E-state index in [0.717, 1.165) is 5.56 Å². The molecule has 0 bridgehead atoms. The molecule has 3 amide bonds. The van der Waals surface area contributed by atoms with Gasteiger partial charge in [-0.1, -0.05) is 23.7 Å². The Labute approximate surface area is 235 Å². The van der Waals surface area contributed by atoms with Crippen LogP contribution in [0.3, 0.4) is 0 Å². The summed E-state index contributed by atoms with van der Waals surface area (Å²) >= 11 is 6.12. The average Bonchev–Trinajstić information content (AvgIpc) is 2.91. The van der Waals surface area contributed by atoms with Gasteiger partial charge in [0, 0.05) is 54.6 Å². The minimum atomic E-state index is -0.619. The van der Waals surface area contributed by atoms with Crippen LogP contribution in [-0.2, 0) is 11.3 Å². The van der Waals surface area contributed by atoms with E-state index in [0.29, 0.717) is 30.3 Å². The van der Waals surface area contributed by atoms with Crippen molar-refractivity contribution >= 4 is 40.6 Å². The van der Waals surface area contributed by atoms with Gasteiger partial charge in [0.05, 0.1) is 10.6 Å². The molecule has 1 aliphatic rings. The number of benzene rings is 3. The number of urea groups is 1. The van der Waals surface area contributed by atoms with Crippen LogP contribution in [0.2, 0.25) is 5.02 Å². The third-order valence-electron chi connectivity index (χ3n) is 6.61. The molecule has 0 radical (unpaired) electrons. The largest absolute Gasteiger partial charge is 0.482 e. The Morgan fingerprint density at radius 1 is 1.02 bits per heavy atom. The van der Waals surface area contributed by atoms with Crippen LogP contribution in [0.5, 0.6) is 5.75 Å². The van der Waals surface area contributed by atoms with Crippen LogP contribution in [0.15, 0.2) is 66.7 Å². The smallest absolute Gasteiger partial charge is 0.323 e. The zero-order valence-electron chi connectivity index (χ0n) is 22.0. The number of halogens is 2. The first-order valence-corrected chi connectivity index (χ1v) is 13.0. The molecule has 1 saturated heterocycles. The summed E-state index contributed by atoms with van der Waals surface area (Å²) in [6, 6.07) is 15.8. The van der Waals surface area contributed by atoms with Gasteiger partial charge in [-0.25, -0.2) is 9.18 Å². The number of nitro groups is 1. The number of hydrogen-bond donors (Lipinski definition) is 2. The lowest BCUT2D eigenvalue weighted by Crippen LogP contribution is -2.58. The number of nitro benzene ring substituents is 1. The highest BCUT2D eigenvalue weighted by Gasteiger charge is 2.32. The average molecular weight is 570 g/mol. The number of piperazine rings is 1. The second kappa shape index (κ2) is 12.8. The molecule has 3 aromatic carbocycles. The Kier molecular flexibility index (Phi) is 9.18. The number of nitrogens with zero attached hydrogens (tertiary/aromatic N) is 3. The van der Waals surface area contributed by atoms with Crippen molar-refractivity contribution in [3.05, 3.63) is 93.2 Å². The molecule has 40 heavy (non-hydrogen) atoms. The summed E-state index contributed by atoms with van der Waals surface area (Å²) in [4.78, 5) is 40.0. The van der Waals surface area contributed by atoms with Crippen LogP contribution in [0.25, 0.3) is 0 Å². The van der Waals surface area contributed by atoms with E-state index in [-0.39, 0.29) is 47.5 Å². The van der Waals surface area contributed by atoms with Crippen LogP contribution in [0.1, 0.15) is 19.4 Å². The lowest BCUT2D eigenvalue weighted by atomic mass is 10.1. The maximum atomic E-state index is 13.3. The Bertz CT molecular complexity index is 1370. The molecule has 0 unspecified atom stereocenters. The molecule has 10 nitrogen and oxygen atoms in total. The Morgan fingerprint density at radius 2 is 1.73 bits per heavy atom. The van der Waals surface area contributed by atoms with E-state index in [9.17, 15) is 24.1 Å². The van der Waals surface area contributed by atoms with Crippen LogP contribution in [0, 0.1) is 15.9 Å². The van der Waals surface area contributed by atoms with E-state index in [1.165, 1.54) is 42.5 Å². The number of carbonyl (C=O) groups is 2. The SMILES string of the molecule is C[C@@H]1CN(Cc2ccc(F)cc2)[C@@H](C)CN1C(=O)COc1ccc(Cl)cc1NC(=O)Nc1ccc([N+](=O)[O-])cc1. The predicted molar refractivity (Wildman–Crippen MR) is 150 cm³/mol. The summed E-state index contributed by atoms with van der Waals surface area (Å²) in [5, 5.41) is 16.4. The third kappa shape index (κ3) is 7.45. The molecule has 12 heteroatoms. The third-order valence-corrected chi connectivity index (χ3v) is 6.85. The number of nitrogens with one attached hydrogen (secondary N) is 2. The van der Waals surface area contributed by atoms with Crippen molar-refractivity contribution < 1.29 is 23.6 Å². The summed E-state index contributed by atoms with van der Waals surface area (Å²) in [6.45, 7) is 5.59. The quantitative estimate of drug-likeness (QED) is 0.272. The fourth-order valence-corrected chi connectivity index (χ4v) is 4.66. The van der Waals surface area contributed by atoms with Gasteiger partial charge in [0.15, 0.2) is 6.61 Å². The molecule has 210 valence electrons. The van der Waals surface area contributed by atoms with E-state index in [1.54, 1.807) is 29.2 Å². The van der Waals surface area contributed by atoms with Crippen LogP contribution in [0.4, 0.5) is 26.2 Å². The van der Waals surface area contributed by atoms with Gasteiger partial charge < -0.3 is 20.3 Å². The van der Waals surface area contributed by atoms with Gasteiger partial charge in [0.1, 0.15) is 11.6 Å². The molecule has 1 fully saturated rings. The van der Waals surface area contributed by atoms with Crippen LogP contribution >= 0.6 is 11.6 Å². The van der Waals surface area contributed by atoms with E-state index in [2.05, 4.69) is 15.5 Å². The summed E-state index contributed by atoms with van der Waals surface area (Å²) in [6.07, 6.45) is 0. The fourth-order valence-electron chi connectivity index (χ4n) is 4.49. The zero-order valence-corrected chi connectivity index (χ0v) is 22.7. The van der Waals surface area contributed by atoms with Crippen LogP contribution in [-0.4, -0.2) is 58.4 Å². The number of anilines is 2. The second-order valence-corrected chi connectivity index (χ2v) is 10.0. The van der Waals surface area contributed by atoms with Crippen molar-refractivity contribution in [1.29, 1.82) is 0 Å². The van der Waals surface area contributed by atoms with Gasteiger partial charge in [-0.15, -0.1) is 0 Å². The van der Waals surface area contributed by atoms with Gasteiger partial charge in [-0.05, 0) is 61.9 Å². The number of amides is 3. The Morgan fingerprint density at radius 3 is 2.40 bits per heavy atom. The Hall–Kier alpha value is -4.22. The minimum Gasteiger partial charge on any atom is -0.482 e. The fraction of sp³-hybridized carbons (Fsp3) is 0.286. The molecule has 3 aromatic rings. The number of rotatable bonds is 8. The highest BCUT2D eigenvalue weighted by molar-refractivity contribution is 6.31. The van der Waals surface area contributed by atoms with Crippen molar-refractivity contribution in [1.82, 2.24) is 9.80 Å².